The van der Waals surface area contributed by atoms with E-state index >= 15 is 0 Å². The third kappa shape index (κ3) is 4.85. The van der Waals surface area contributed by atoms with Crippen molar-refractivity contribution < 1.29 is 9.59 Å². The number of nitrogens with zero attached hydrogens (tertiary/aromatic N) is 2. The van der Waals surface area contributed by atoms with Crippen LogP contribution in [0.2, 0.25) is 0 Å². The van der Waals surface area contributed by atoms with Crippen LogP contribution in [0.1, 0.15) is 48.5 Å². The van der Waals surface area contributed by atoms with E-state index in [4.69, 9.17) is 0 Å². The van der Waals surface area contributed by atoms with Crippen LogP contribution in [0, 0.1) is 12.8 Å². The highest BCUT2D eigenvalue weighted by molar-refractivity contribution is 5.95. The minimum absolute atomic E-state index is 0.0138. The molecule has 0 radical (unpaired) electrons. The van der Waals surface area contributed by atoms with Gasteiger partial charge in [-0.05, 0) is 50.2 Å². The van der Waals surface area contributed by atoms with E-state index in [0.29, 0.717) is 12.5 Å². The van der Waals surface area contributed by atoms with Gasteiger partial charge >= 0.3 is 0 Å². The Morgan fingerprint density at radius 3 is 2.54 bits per heavy atom. The number of hydrogen-bond donors (Lipinski definition) is 1. The molecule has 0 saturated carbocycles. The molecule has 3 rings (SSSR count). The zero-order chi connectivity index (χ0) is 18.5. The van der Waals surface area contributed by atoms with Gasteiger partial charge in [-0.1, -0.05) is 25.1 Å². The van der Waals surface area contributed by atoms with E-state index in [1.807, 2.05) is 36.1 Å². The molecule has 1 aromatic rings. The van der Waals surface area contributed by atoms with Crippen LogP contribution < -0.4 is 5.32 Å². The van der Waals surface area contributed by atoms with Crippen LogP contribution in [0.3, 0.4) is 0 Å². The topological polar surface area (TPSA) is 52.7 Å². The number of nitrogens with one attached hydrogen (secondary N) is 1. The second kappa shape index (κ2) is 8.67. The van der Waals surface area contributed by atoms with Crippen LogP contribution in [-0.4, -0.2) is 60.4 Å². The summed E-state index contributed by atoms with van der Waals surface area (Å²) in [5, 5.41) is 3.16. The molecular formula is C21H31N3O2. The van der Waals surface area contributed by atoms with E-state index < -0.39 is 0 Å². The first kappa shape index (κ1) is 18.9. The molecule has 1 atom stereocenters. The average Bonchev–Trinajstić information content (AvgIpc) is 2.63. The molecule has 1 N–H and O–H groups in total. The molecule has 142 valence electrons. The van der Waals surface area contributed by atoms with Crippen LogP contribution in [0.4, 0.5) is 0 Å². The minimum atomic E-state index is 0.0138. The van der Waals surface area contributed by atoms with Gasteiger partial charge in [-0.15, -0.1) is 0 Å². The molecule has 0 aromatic heterocycles. The van der Waals surface area contributed by atoms with Gasteiger partial charge in [0.1, 0.15) is 0 Å². The lowest BCUT2D eigenvalue weighted by atomic mass is 10.00. The largest absolute Gasteiger partial charge is 0.349 e. The minimum Gasteiger partial charge on any atom is -0.349 e. The molecule has 2 saturated heterocycles. The molecule has 1 unspecified atom stereocenters. The lowest BCUT2D eigenvalue weighted by molar-refractivity contribution is -0.134. The van der Waals surface area contributed by atoms with Crippen molar-refractivity contribution in [1.82, 2.24) is 15.1 Å². The maximum absolute atomic E-state index is 12.5. The molecule has 2 aliphatic heterocycles. The summed E-state index contributed by atoms with van der Waals surface area (Å²) in [5.74, 6) is 0.897. The Hall–Kier alpha value is -1.88. The third-order valence-corrected chi connectivity index (χ3v) is 5.68. The number of carbonyl (C=O) groups is 2. The predicted octanol–water partition coefficient (Wildman–Crippen LogP) is 2.45. The number of likely N-dealkylation sites (tertiary alicyclic amines) is 2. The fourth-order valence-corrected chi connectivity index (χ4v) is 4.03. The molecule has 2 fully saturated rings. The number of hydrogen-bond acceptors (Lipinski definition) is 3. The molecule has 2 aliphatic rings. The molecule has 2 heterocycles. The molecule has 5 heteroatoms. The zero-order valence-corrected chi connectivity index (χ0v) is 16.0. The summed E-state index contributed by atoms with van der Waals surface area (Å²) < 4.78 is 0. The first-order valence-corrected chi connectivity index (χ1v) is 9.89. The first-order valence-electron chi connectivity index (χ1n) is 9.89. The summed E-state index contributed by atoms with van der Waals surface area (Å²) in [5.41, 5.74) is 1.76. The summed E-state index contributed by atoms with van der Waals surface area (Å²) in [7, 11) is 0. The van der Waals surface area contributed by atoms with Crippen molar-refractivity contribution in [2.75, 3.05) is 32.7 Å². The highest BCUT2D eigenvalue weighted by Crippen LogP contribution is 2.17. The Labute approximate surface area is 156 Å². The zero-order valence-electron chi connectivity index (χ0n) is 16.0. The van der Waals surface area contributed by atoms with E-state index in [-0.39, 0.29) is 17.9 Å². The number of piperidine rings is 2. The van der Waals surface area contributed by atoms with Crippen LogP contribution in [0.5, 0.6) is 0 Å². The highest BCUT2D eigenvalue weighted by Gasteiger charge is 2.26. The van der Waals surface area contributed by atoms with Crippen molar-refractivity contribution in [3.63, 3.8) is 0 Å². The van der Waals surface area contributed by atoms with E-state index in [2.05, 4.69) is 17.1 Å². The number of aryl methyl sites for hydroxylation is 1. The summed E-state index contributed by atoms with van der Waals surface area (Å²) in [6.45, 7) is 8.26. The van der Waals surface area contributed by atoms with Gasteiger partial charge in [0.2, 0.25) is 5.91 Å². The molecule has 2 amide bonds. The molecule has 0 spiro atoms. The van der Waals surface area contributed by atoms with E-state index in [9.17, 15) is 9.59 Å². The average molecular weight is 357 g/mol. The van der Waals surface area contributed by atoms with Gasteiger partial charge in [0, 0.05) is 37.8 Å². The van der Waals surface area contributed by atoms with Crippen molar-refractivity contribution >= 4 is 11.8 Å². The monoisotopic (exact) mass is 357 g/mol. The fraction of sp³-hybridized carbons (Fsp3) is 0.619. The second-order valence-corrected chi connectivity index (χ2v) is 7.93. The fourth-order valence-electron chi connectivity index (χ4n) is 4.03. The lowest BCUT2D eigenvalue weighted by Crippen LogP contribution is -2.49. The summed E-state index contributed by atoms with van der Waals surface area (Å²) in [4.78, 5) is 29.2. The van der Waals surface area contributed by atoms with Crippen molar-refractivity contribution in [2.45, 2.75) is 45.6 Å². The van der Waals surface area contributed by atoms with Crippen molar-refractivity contribution in [2.24, 2.45) is 5.92 Å². The van der Waals surface area contributed by atoms with Crippen molar-refractivity contribution in [3.8, 4) is 0 Å². The Balaban J connectivity index is 1.43. The first-order chi connectivity index (χ1) is 12.5. The maximum Gasteiger partial charge on any atom is 0.251 e. The molecular weight excluding hydrogens is 326 g/mol. The van der Waals surface area contributed by atoms with Gasteiger partial charge < -0.3 is 10.2 Å². The number of carbonyl (C=O) groups excluding carboxylic acids is 2. The number of amides is 2. The quantitative estimate of drug-likeness (QED) is 0.901. The standard InChI is InChI=1S/C21H31N3O2/c1-16-6-5-11-24(14-16)20(25)15-23-12-9-18(10-13-23)22-21(26)19-8-4-3-7-17(19)2/h3-4,7-8,16,18H,5-6,9-15H2,1-2H3,(H,22,26). The lowest BCUT2D eigenvalue weighted by Gasteiger charge is -2.35. The normalized spacial score (nSPS) is 22.2. The van der Waals surface area contributed by atoms with Gasteiger partial charge in [-0.2, -0.15) is 0 Å². The van der Waals surface area contributed by atoms with Crippen LogP contribution in [0.25, 0.3) is 0 Å². The van der Waals surface area contributed by atoms with Gasteiger partial charge in [-0.3, -0.25) is 14.5 Å². The predicted molar refractivity (Wildman–Crippen MR) is 103 cm³/mol. The maximum atomic E-state index is 12.5. The van der Waals surface area contributed by atoms with Crippen LogP contribution in [-0.2, 0) is 4.79 Å². The van der Waals surface area contributed by atoms with E-state index in [1.54, 1.807) is 0 Å². The number of benzene rings is 1. The van der Waals surface area contributed by atoms with Gasteiger partial charge in [-0.25, -0.2) is 0 Å². The Bertz CT molecular complexity index is 638. The molecule has 0 aliphatic carbocycles. The summed E-state index contributed by atoms with van der Waals surface area (Å²) in [6, 6.07) is 7.88. The second-order valence-electron chi connectivity index (χ2n) is 7.93. The Kier molecular flexibility index (Phi) is 6.30. The van der Waals surface area contributed by atoms with Crippen molar-refractivity contribution in [3.05, 3.63) is 35.4 Å². The Morgan fingerprint density at radius 1 is 1.12 bits per heavy atom. The van der Waals surface area contributed by atoms with Crippen LogP contribution >= 0.6 is 0 Å². The summed E-state index contributed by atoms with van der Waals surface area (Å²) >= 11 is 0. The molecule has 26 heavy (non-hydrogen) atoms. The summed E-state index contributed by atoms with van der Waals surface area (Å²) in [6.07, 6.45) is 4.16. The highest BCUT2D eigenvalue weighted by atomic mass is 16.2. The van der Waals surface area contributed by atoms with Gasteiger partial charge in [0.15, 0.2) is 0 Å². The van der Waals surface area contributed by atoms with Gasteiger partial charge in [0.05, 0.1) is 6.54 Å². The molecule has 1 aromatic carbocycles. The van der Waals surface area contributed by atoms with Crippen LogP contribution in [0.15, 0.2) is 24.3 Å². The number of rotatable bonds is 4. The van der Waals surface area contributed by atoms with E-state index in [0.717, 1.165) is 56.6 Å². The van der Waals surface area contributed by atoms with E-state index in [1.165, 1.54) is 6.42 Å². The molecule has 0 bridgehead atoms. The van der Waals surface area contributed by atoms with Crippen molar-refractivity contribution in [1.29, 1.82) is 0 Å². The third-order valence-electron chi connectivity index (χ3n) is 5.68. The smallest absolute Gasteiger partial charge is 0.251 e. The SMILES string of the molecule is Cc1ccccc1C(=O)NC1CCN(CC(=O)N2CCCC(C)C2)CC1. The van der Waals surface area contributed by atoms with Gasteiger partial charge in [0.25, 0.3) is 5.91 Å². The Morgan fingerprint density at radius 2 is 1.85 bits per heavy atom. The molecule has 5 nitrogen and oxygen atoms in total.